The second-order valence-electron chi connectivity index (χ2n) is 8.99. The first-order valence-electron chi connectivity index (χ1n) is 11.2. The van der Waals surface area contributed by atoms with E-state index in [0.717, 1.165) is 28.0 Å². The molecule has 0 fully saturated rings. The fourth-order valence-electron chi connectivity index (χ4n) is 5.46. The maximum absolute atomic E-state index is 13.3. The van der Waals surface area contributed by atoms with Crippen LogP contribution in [0.25, 0.3) is 0 Å². The quantitative estimate of drug-likeness (QED) is 0.379. The van der Waals surface area contributed by atoms with E-state index in [0.29, 0.717) is 13.1 Å². The van der Waals surface area contributed by atoms with E-state index in [4.69, 9.17) is 0 Å². The molecule has 5 nitrogen and oxygen atoms in total. The summed E-state index contributed by atoms with van der Waals surface area (Å²) in [4.78, 5) is 26.7. The molecule has 5 heterocycles. The van der Waals surface area contributed by atoms with Gasteiger partial charge in [-0.15, -0.1) is 0 Å². The molecular weight excluding hydrogens is 478 g/mol. The molecular formula is C27H23BrN3O2+. The molecule has 2 atom stereocenters. The highest BCUT2D eigenvalue weighted by Crippen LogP contribution is 2.42. The molecule has 0 saturated heterocycles. The molecule has 1 aromatic carbocycles. The van der Waals surface area contributed by atoms with Crippen LogP contribution >= 0.6 is 15.9 Å². The molecule has 0 amide bonds. The number of aromatic nitrogens is 3. The van der Waals surface area contributed by atoms with Gasteiger partial charge in [0.15, 0.2) is 30.5 Å². The van der Waals surface area contributed by atoms with Gasteiger partial charge in [0.05, 0.1) is 11.4 Å². The van der Waals surface area contributed by atoms with E-state index in [1.165, 1.54) is 5.56 Å². The van der Waals surface area contributed by atoms with E-state index in [-0.39, 0.29) is 29.3 Å². The lowest BCUT2D eigenvalue weighted by molar-refractivity contribution is -0.688. The summed E-state index contributed by atoms with van der Waals surface area (Å²) in [6.45, 7) is 2.01. The third-order valence-corrected chi connectivity index (χ3v) is 7.60. The molecule has 6 heteroatoms. The number of nitrogens with zero attached hydrogens (tertiary/aromatic N) is 3. The van der Waals surface area contributed by atoms with Crippen molar-refractivity contribution in [3.05, 3.63) is 112 Å². The van der Waals surface area contributed by atoms with E-state index in [1.54, 1.807) is 0 Å². The number of carbonyl (C=O) groups excluding carboxylic acids is 2. The van der Waals surface area contributed by atoms with Crippen molar-refractivity contribution in [3.8, 4) is 0 Å². The molecule has 33 heavy (non-hydrogen) atoms. The average Bonchev–Trinajstić information content (AvgIpc) is 3.58. The predicted octanol–water partition coefficient (Wildman–Crippen LogP) is 4.50. The number of hydrogen-bond acceptors (Lipinski definition) is 2. The Morgan fingerprint density at radius 3 is 1.88 bits per heavy atom. The fraction of sp³-hybridized carbons (Fsp3) is 0.222. The normalized spacial score (nSPS) is 19.3. The standard InChI is InChI=1S/C27H23BrN3O2/c28-20-7-5-18(6-8-20)15-29-13-9-19(10-14-29)25(21-16-30-11-1-3-23(30)26(21)32)22-17-31-12-2-4-24(31)27(22)33/h1-14,21-22,25H,15-17H2/q+1/t21-,22-/m1/s1. The van der Waals surface area contributed by atoms with E-state index < -0.39 is 0 Å². The average molecular weight is 501 g/mol. The zero-order valence-corrected chi connectivity index (χ0v) is 19.6. The van der Waals surface area contributed by atoms with Gasteiger partial charge in [-0.1, -0.05) is 28.1 Å². The number of hydrogen-bond donors (Lipinski definition) is 0. The van der Waals surface area contributed by atoms with Gasteiger partial charge in [0.1, 0.15) is 0 Å². The second-order valence-corrected chi connectivity index (χ2v) is 9.90. The molecule has 164 valence electrons. The van der Waals surface area contributed by atoms with Crippen LogP contribution in [-0.4, -0.2) is 20.7 Å². The highest BCUT2D eigenvalue weighted by Gasteiger charge is 2.46. The van der Waals surface area contributed by atoms with Gasteiger partial charge in [0.2, 0.25) is 0 Å². The minimum atomic E-state index is -0.234. The highest BCUT2D eigenvalue weighted by atomic mass is 79.9. The van der Waals surface area contributed by atoms with Gasteiger partial charge in [0, 0.05) is 65.4 Å². The monoisotopic (exact) mass is 500 g/mol. The summed E-state index contributed by atoms with van der Waals surface area (Å²) in [5.41, 5.74) is 3.76. The molecule has 0 spiro atoms. The number of benzene rings is 1. The summed E-state index contributed by atoms with van der Waals surface area (Å²) in [5, 5.41) is 0. The van der Waals surface area contributed by atoms with E-state index in [1.807, 2.05) is 57.9 Å². The van der Waals surface area contributed by atoms with Crippen LogP contribution in [0.1, 0.15) is 38.0 Å². The van der Waals surface area contributed by atoms with Gasteiger partial charge in [-0.25, -0.2) is 4.57 Å². The van der Waals surface area contributed by atoms with Crippen molar-refractivity contribution < 1.29 is 14.2 Å². The topological polar surface area (TPSA) is 47.9 Å². The fourth-order valence-corrected chi connectivity index (χ4v) is 5.72. The lowest BCUT2D eigenvalue weighted by Crippen LogP contribution is -2.35. The molecule has 3 aromatic heterocycles. The van der Waals surface area contributed by atoms with Crippen molar-refractivity contribution in [2.45, 2.75) is 25.6 Å². The van der Waals surface area contributed by atoms with Crippen LogP contribution < -0.4 is 4.57 Å². The van der Waals surface area contributed by atoms with Crippen LogP contribution in [0.4, 0.5) is 0 Å². The van der Waals surface area contributed by atoms with Crippen molar-refractivity contribution in [2.24, 2.45) is 11.8 Å². The van der Waals surface area contributed by atoms with E-state index >= 15 is 0 Å². The molecule has 6 rings (SSSR count). The number of carbonyl (C=O) groups is 2. The van der Waals surface area contributed by atoms with Crippen LogP contribution in [0, 0.1) is 11.8 Å². The van der Waals surface area contributed by atoms with Crippen LogP contribution in [0.3, 0.4) is 0 Å². The third-order valence-electron chi connectivity index (χ3n) is 7.07. The lowest BCUT2D eigenvalue weighted by Gasteiger charge is -2.27. The summed E-state index contributed by atoms with van der Waals surface area (Å²) in [6.07, 6.45) is 8.04. The number of Topliss-reactive ketones (excluding diaryl/α,β-unsaturated/α-hetero) is 2. The molecule has 0 radical (unpaired) electrons. The third kappa shape index (κ3) is 3.49. The molecule has 2 aliphatic heterocycles. The van der Waals surface area contributed by atoms with Crippen LogP contribution in [0.2, 0.25) is 0 Å². The number of pyridine rings is 1. The first-order chi connectivity index (χ1) is 16.1. The Bertz CT molecular complexity index is 1290. The molecule has 0 bridgehead atoms. The van der Waals surface area contributed by atoms with Gasteiger partial charge in [-0.05, 0) is 42.0 Å². The van der Waals surface area contributed by atoms with E-state index in [9.17, 15) is 9.59 Å². The molecule has 0 saturated carbocycles. The van der Waals surface area contributed by atoms with Crippen molar-refractivity contribution in [1.29, 1.82) is 0 Å². The van der Waals surface area contributed by atoms with Crippen LogP contribution in [0.15, 0.2) is 89.9 Å². The van der Waals surface area contributed by atoms with Crippen LogP contribution in [-0.2, 0) is 19.6 Å². The Labute approximate surface area is 200 Å². The SMILES string of the molecule is O=C1c2cccn2C[C@@H]1C(c1cc[n+](Cc2ccc(Br)cc2)cc1)[C@H]1Cn2cccc2C1=O. The number of fused-ring (bicyclic) bond motifs is 2. The van der Waals surface area contributed by atoms with Crippen molar-refractivity contribution in [2.75, 3.05) is 0 Å². The zero-order chi connectivity index (χ0) is 22.5. The van der Waals surface area contributed by atoms with Crippen LogP contribution in [0.5, 0.6) is 0 Å². The largest absolute Gasteiger partial charge is 0.344 e. The first-order valence-corrected chi connectivity index (χ1v) is 12.0. The lowest BCUT2D eigenvalue weighted by atomic mass is 9.74. The Kier molecular flexibility index (Phi) is 4.91. The summed E-state index contributed by atoms with van der Waals surface area (Å²) >= 11 is 3.48. The zero-order valence-electron chi connectivity index (χ0n) is 18.0. The van der Waals surface area contributed by atoms with Crippen molar-refractivity contribution >= 4 is 27.5 Å². The van der Waals surface area contributed by atoms with Gasteiger partial charge in [-0.3, -0.25) is 9.59 Å². The van der Waals surface area contributed by atoms with Gasteiger partial charge in [0.25, 0.3) is 0 Å². The Morgan fingerprint density at radius 1 is 0.818 bits per heavy atom. The summed E-state index contributed by atoms with van der Waals surface area (Å²) in [7, 11) is 0. The Morgan fingerprint density at radius 2 is 1.36 bits per heavy atom. The summed E-state index contributed by atoms with van der Waals surface area (Å²) in [6, 6.07) is 20.1. The molecule has 0 unspecified atom stereocenters. The molecule has 0 aliphatic carbocycles. The number of rotatable bonds is 5. The van der Waals surface area contributed by atoms with E-state index in [2.05, 4.69) is 57.2 Å². The summed E-state index contributed by atoms with van der Waals surface area (Å²) < 4.78 is 7.24. The molecule has 0 N–H and O–H groups in total. The maximum atomic E-state index is 13.3. The molecule has 2 aliphatic rings. The second kappa shape index (κ2) is 7.96. The Balaban J connectivity index is 1.33. The van der Waals surface area contributed by atoms with Crippen molar-refractivity contribution in [3.63, 3.8) is 0 Å². The van der Waals surface area contributed by atoms with Crippen molar-refractivity contribution in [1.82, 2.24) is 9.13 Å². The minimum Gasteiger partial charge on any atom is -0.344 e. The highest BCUT2D eigenvalue weighted by molar-refractivity contribution is 9.10. The summed E-state index contributed by atoms with van der Waals surface area (Å²) in [5.74, 6) is -0.349. The predicted molar refractivity (Wildman–Crippen MR) is 127 cm³/mol. The Hall–Kier alpha value is -3.25. The van der Waals surface area contributed by atoms with Gasteiger partial charge < -0.3 is 9.13 Å². The van der Waals surface area contributed by atoms with Gasteiger partial charge >= 0.3 is 0 Å². The molecule has 4 aromatic rings. The van der Waals surface area contributed by atoms with Gasteiger partial charge in [-0.2, -0.15) is 0 Å². The maximum Gasteiger partial charge on any atom is 0.184 e. The number of ketones is 2. The first kappa shape index (κ1) is 20.4. The smallest absolute Gasteiger partial charge is 0.184 e. The number of halogens is 1. The minimum absolute atomic E-state index is 0.140.